The Balaban J connectivity index is 1.20. The van der Waals surface area contributed by atoms with Crippen LogP contribution in [0.3, 0.4) is 0 Å². The fraction of sp³-hybridized carbons (Fsp3) is 0.292. The third-order valence-electron chi connectivity index (χ3n) is 5.87. The number of hydrogen-bond donors (Lipinski definition) is 1. The van der Waals surface area contributed by atoms with Crippen molar-refractivity contribution >= 4 is 28.0 Å². The van der Waals surface area contributed by atoms with Crippen LogP contribution in [0.1, 0.15) is 18.4 Å². The van der Waals surface area contributed by atoms with E-state index in [-0.39, 0.29) is 29.6 Å². The molecule has 158 valence electrons. The summed E-state index contributed by atoms with van der Waals surface area (Å²) in [6.07, 6.45) is 3.22. The van der Waals surface area contributed by atoms with Gasteiger partial charge in [-0.2, -0.15) is 0 Å². The number of amides is 1. The quantitative estimate of drug-likeness (QED) is 0.541. The van der Waals surface area contributed by atoms with Gasteiger partial charge in [-0.3, -0.25) is 19.1 Å². The molecule has 1 N–H and O–H groups in total. The molecular weight excluding hydrogens is 392 g/mol. The molecule has 4 aromatic rings. The molecule has 3 heterocycles. The number of rotatable bonds is 5. The van der Waals surface area contributed by atoms with Crippen molar-refractivity contribution in [3.05, 3.63) is 76.8 Å². The molecule has 0 unspecified atom stereocenters. The van der Waals surface area contributed by atoms with Crippen molar-refractivity contribution in [2.24, 2.45) is 0 Å². The fourth-order valence-corrected chi connectivity index (χ4v) is 4.23. The molecule has 0 saturated carbocycles. The van der Waals surface area contributed by atoms with E-state index in [1.54, 1.807) is 6.07 Å². The maximum absolute atomic E-state index is 12.8. The minimum absolute atomic E-state index is 0.0664. The van der Waals surface area contributed by atoms with Crippen molar-refractivity contribution < 1.29 is 9.21 Å². The lowest BCUT2D eigenvalue weighted by molar-refractivity contribution is -0.122. The highest BCUT2D eigenvalue weighted by Gasteiger charge is 2.21. The number of nitrogens with one attached hydrogen (secondary N) is 1. The van der Waals surface area contributed by atoms with E-state index in [1.807, 2.05) is 24.3 Å². The Morgan fingerprint density at radius 2 is 1.81 bits per heavy atom. The molecule has 0 spiro atoms. The van der Waals surface area contributed by atoms with E-state index in [1.165, 1.54) is 16.5 Å². The number of hydrogen-bond acceptors (Lipinski definition) is 5. The van der Waals surface area contributed by atoms with Gasteiger partial charge in [-0.1, -0.05) is 42.5 Å². The second-order valence-corrected chi connectivity index (χ2v) is 8.06. The lowest BCUT2D eigenvalue weighted by Crippen LogP contribution is -2.45. The number of piperidine rings is 1. The van der Waals surface area contributed by atoms with Crippen LogP contribution >= 0.6 is 0 Å². The molecule has 1 aliphatic heterocycles. The van der Waals surface area contributed by atoms with Crippen molar-refractivity contribution in [1.29, 1.82) is 0 Å². The predicted octanol–water partition coefficient (Wildman–Crippen LogP) is 2.92. The molecule has 0 atom stereocenters. The first-order chi connectivity index (χ1) is 15.2. The van der Waals surface area contributed by atoms with Crippen LogP contribution in [0.4, 0.5) is 0 Å². The molecular formula is C24H24N4O3. The van der Waals surface area contributed by atoms with Crippen LogP contribution < -0.4 is 10.9 Å². The maximum atomic E-state index is 12.8. The smallest absolute Gasteiger partial charge is 0.297 e. The Morgan fingerprint density at radius 1 is 1.06 bits per heavy atom. The second-order valence-electron chi connectivity index (χ2n) is 8.06. The van der Waals surface area contributed by atoms with Crippen LogP contribution in [0.2, 0.25) is 0 Å². The van der Waals surface area contributed by atoms with Gasteiger partial charge in [-0.25, -0.2) is 4.98 Å². The largest absolute Gasteiger partial charge is 0.448 e. The Kier molecular flexibility index (Phi) is 5.26. The number of aromatic nitrogens is 2. The Hall–Kier alpha value is -3.45. The highest BCUT2D eigenvalue weighted by atomic mass is 16.3. The van der Waals surface area contributed by atoms with Crippen molar-refractivity contribution in [3.63, 3.8) is 0 Å². The van der Waals surface area contributed by atoms with Crippen molar-refractivity contribution in [1.82, 2.24) is 19.8 Å². The van der Waals surface area contributed by atoms with Crippen molar-refractivity contribution in [3.8, 4) is 0 Å². The third-order valence-corrected chi connectivity index (χ3v) is 5.87. The number of carbonyl (C=O) groups excluding carboxylic acids is 1. The molecule has 1 fully saturated rings. The van der Waals surface area contributed by atoms with Gasteiger partial charge in [-0.15, -0.1) is 0 Å². The average molecular weight is 416 g/mol. The number of benzene rings is 2. The minimum Gasteiger partial charge on any atom is -0.448 e. The Bertz CT molecular complexity index is 1270. The van der Waals surface area contributed by atoms with E-state index in [0.717, 1.165) is 37.9 Å². The van der Waals surface area contributed by atoms with Crippen LogP contribution in [-0.2, 0) is 17.9 Å². The van der Waals surface area contributed by atoms with E-state index < -0.39 is 0 Å². The molecule has 7 heteroatoms. The molecule has 31 heavy (non-hydrogen) atoms. The van der Waals surface area contributed by atoms with E-state index in [9.17, 15) is 9.59 Å². The zero-order valence-electron chi connectivity index (χ0n) is 17.2. The van der Waals surface area contributed by atoms with Gasteiger partial charge in [0.05, 0.1) is 6.33 Å². The van der Waals surface area contributed by atoms with Crippen molar-refractivity contribution in [2.75, 3.05) is 13.1 Å². The number of furan rings is 1. The lowest BCUT2D eigenvalue weighted by Gasteiger charge is -2.32. The molecule has 2 aromatic carbocycles. The third kappa shape index (κ3) is 4.09. The molecule has 1 amide bonds. The highest BCUT2D eigenvalue weighted by Crippen LogP contribution is 2.24. The first-order valence-electron chi connectivity index (χ1n) is 10.6. The standard InChI is InChI=1S/C24H24N4O3/c29-21(26-18-10-12-27(13-11-18)14-17-6-2-1-3-7-17)15-28-16-25-22-19-8-4-5-9-20(19)31-23(22)24(28)30/h1-9,16,18H,10-15H2,(H,26,29). The number of likely N-dealkylation sites (tertiary alicyclic amines) is 1. The molecule has 1 aliphatic rings. The number of fused-ring (bicyclic) bond motifs is 3. The van der Waals surface area contributed by atoms with Gasteiger partial charge >= 0.3 is 0 Å². The van der Waals surface area contributed by atoms with Gasteiger partial charge in [-0.05, 0) is 30.5 Å². The summed E-state index contributed by atoms with van der Waals surface area (Å²) in [5.41, 5.74) is 2.30. The van der Waals surface area contributed by atoms with Crippen LogP contribution in [-0.4, -0.2) is 39.5 Å². The zero-order chi connectivity index (χ0) is 21.2. The molecule has 0 aliphatic carbocycles. The van der Waals surface area contributed by atoms with Gasteiger partial charge in [0, 0.05) is 31.1 Å². The molecule has 0 bridgehead atoms. The summed E-state index contributed by atoms with van der Waals surface area (Å²) >= 11 is 0. The summed E-state index contributed by atoms with van der Waals surface area (Å²) in [6.45, 7) is 2.74. The molecule has 0 radical (unpaired) electrons. The summed E-state index contributed by atoms with van der Waals surface area (Å²) in [6, 6.07) is 17.9. The molecule has 5 rings (SSSR count). The summed E-state index contributed by atoms with van der Waals surface area (Å²) in [5, 5.41) is 3.87. The normalized spacial score (nSPS) is 15.5. The van der Waals surface area contributed by atoms with Crippen molar-refractivity contribution in [2.45, 2.75) is 32.0 Å². The lowest BCUT2D eigenvalue weighted by atomic mass is 10.0. The minimum atomic E-state index is -0.339. The van der Waals surface area contributed by atoms with E-state index in [4.69, 9.17) is 4.42 Å². The molecule has 1 saturated heterocycles. The molecule has 2 aromatic heterocycles. The maximum Gasteiger partial charge on any atom is 0.297 e. The number of para-hydroxylation sites is 1. The van der Waals surface area contributed by atoms with Gasteiger partial charge in [0.2, 0.25) is 11.5 Å². The number of carbonyl (C=O) groups is 1. The average Bonchev–Trinajstić information content (AvgIpc) is 3.17. The second kappa shape index (κ2) is 8.35. The Labute approximate surface area is 179 Å². The van der Waals surface area contributed by atoms with E-state index in [2.05, 4.69) is 39.5 Å². The summed E-state index contributed by atoms with van der Waals surface area (Å²) in [7, 11) is 0. The monoisotopic (exact) mass is 416 g/mol. The van der Waals surface area contributed by atoms with Crippen LogP contribution in [0.15, 0.2) is 70.1 Å². The first kappa shape index (κ1) is 19.5. The summed E-state index contributed by atoms with van der Waals surface area (Å²) < 4.78 is 6.99. The predicted molar refractivity (Wildman–Crippen MR) is 119 cm³/mol. The number of nitrogens with zero attached hydrogens (tertiary/aromatic N) is 3. The van der Waals surface area contributed by atoms with Crippen LogP contribution in [0, 0.1) is 0 Å². The highest BCUT2D eigenvalue weighted by molar-refractivity contribution is 6.01. The van der Waals surface area contributed by atoms with E-state index >= 15 is 0 Å². The Morgan fingerprint density at radius 3 is 2.61 bits per heavy atom. The first-order valence-corrected chi connectivity index (χ1v) is 10.6. The van der Waals surface area contributed by atoms with Crippen LogP contribution in [0.25, 0.3) is 22.1 Å². The van der Waals surface area contributed by atoms with Gasteiger partial charge in [0.15, 0.2) is 0 Å². The van der Waals surface area contributed by atoms with Gasteiger partial charge in [0.1, 0.15) is 17.6 Å². The summed E-state index contributed by atoms with van der Waals surface area (Å²) in [5.74, 6) is -0.180. The van der Waals surface area contributed by atoms with Gasteiger partial charge < -0.3 is 9.73 Å². The zero-order valence-corrected chi connectivity index (χ0v) is 17.2. The fourth-order valence-electron chi connectivity index (χ4n) is 4.23. The topological polar surface area (TPSA) is 80.4 Å². The summed E-state index contributed by atoms with van der Waals surface area (Å²) in [4.78, 5) is 32.1. The van der Waals surface area contributed by atoms with E-state index in [0.29, 0.717) is 11.1 Å². The van der Waals surface area contributed by atoms with Crippen LogP contribution in [0.5, 0.6) is 0 Å². The van der Waals surface area contributed by atoms with Gasteiger partial charge in [0.25, 0.3) is 5.56 Å². The molecule has 7 nitrogen and oxygen atoms in total. The SMILES string of the molecule is O=C(Cn1cnc2c(oc3ccccc32)c1=O)NC1CCN(Cc2ccccc2)CC1.